The molecule has 0 spiro atoms. The number of carbonyl (C=O) groups excluding carboxylic acids is 1. The summed E-state index contributed by atoms with van der Waals surface area (Å²) < 4.78 is 5.44. The normalized spacial score (nSPS) is 21.1. The van der Waals surface area contributed by atoms with Crippen molar-refractivity contribution in [1.82, 2.24) is 15.5 Å². The summed E-state index contributed by atoms with van der Waals surface area (Å²) in [6, 6.07) is 8.06. The molecule has 6 heteroatoms. The molecular formula is C16H22ClN3O2. The van der Waals surface area contributed by atoms with Crippen LogP contribution in [0.3, 0.4) is 0 Å². The van der Waals surface area contributed by atoms with Gasteiger partial charge in [-0.25, -0.2) is 0 Å². The van der Waals surface area contributed by atoms with Crippen LogP contribution in [0.15, 0.2) is 24.3 Å². The molecule has 120 valence electrons. The average molecular weight is 324 g/mol. The van der Waals surface area contributed by atoms with Gasteiger partial charge < -0.3 is 15.4 Å². The molecule has 3 rings (SSSR count). The number of hydrogen-bond acceptors (Lipinski definition) is 4. The highest BCUT2D eigenvalue weighted by Gasteiger charge is 2.27. The van der Waals surface area contributed by atoms with Crippen LogP contribution in [0.4, 0.5) is 0 Å². The summed E-state index contributed by atoms with van der Waals surface area (Å²) in [4.78, 5) is 14.4. The summed E-state index contributed by atoms with van der Waals surface area (Å²) in [6.07, 6.45) is 0. The maximum Gasteiger partial charge on any atom is 0.225 e. The van der Waals surface area contributed by atoms with Crippen LogP contribution in [0.2, 0.25) is 5.02 Å². The van der Waals surface area contributed by atoms with E-state index in [-0.39, 0.29) is 17.9 Å². The zero-order chi connectivity index (χ0) is 15.4. The molecule has 22 heavy (non-hydrogen) atoms. The topological polar surface area (TPSA) is 53.6 Å². The van der Waals surface area contributed by atoms with E-state index in [9.17, 15) is 4.79 Å². The van der Waals surface area contributed by atoms with Gasteiger partial charge in [0.2, 0.25) is 5.91 Å². The monoisotopic (exact) mass is 323 g/mol. The lowest BCUT2D eigenvalue weighted by molar-refractivity contribution is -0.126. The van der Waals surface area contributed by atoms with Gasteiger partial charge in [0.1, 0.15) is 0 Å². The molecule has 0 aromatic heterocycles. The summed E-state index contributed by atoms with van der Waals surface area (Å²) in [5.74, 6) is 0.265. The van der Waals surface area contributed by atoms with E-state index in [0.717, 1.165) is 44.4 Å². The Balaban J connectivity index is 1.67. The Hall–Kier alpha value is -1.14. The van der Waals surface area contributed by atoms with Gasteiger partial charge in [-0.2, -0.15) is 0 Å². The molecule has 0 bridgehead atoms. The largest absolute Gasteiger partial charge is 0.379 e. The molecule has 2 aliphatic heterocycles. The molecule has 2 aliphatic rings. The van der Waals surface area contributed by atoms with Gasteiger partial charge in [-0.1, -0.05) is 23.7 Å². The first-order valence-electron chi connectivity index (χ1n) is 7.80. The summed E-state index contributed by atoms with van der Waals surface area (Å²) in [7, 11) is 0. The molecule has 1 amide bonds. The Bertz CT molecular complexity index is 499. The van der Waals surface area contributed by atoms with Gasteiger partial charge in [0.25, 0.3) is 0 Å². The van der Waals surface area contributed by atoms with Crippen molar-refractivity contribution in [1.29, 1.82) is 0 Å². The second-order valence-corrected chi connectivity index (χ2v) is 6.25. The van der Waals surface area contributed by atoms with Crippen LogP contribution in [-0.4, -0.2) is 56.7 Å². The first-order chi connectivity index (χ1) is 10.7. The van der Waals surface area contributed by atoms with Crippen molar-refractivity contribution >= 4 is 17.5 Å². The van der Waals surface area contributed by atoms with Crippen LogP contribution in [0, 0.1) is 5.92 Å². The highest BCUT2D eigenvalue weighted by Crippen LogP contribution is 2.23. The Morgan fingerprint density at radius 2 is 2.00 bits per heavy atom. The zero-order valence-corrected chi connectivity index (χ0v) is 13.3. The Morgan fingerprint density at radius 3 is 2.59 bits per heavy atom. The van der Waals surface area contributed by atoms with E-state index in [1.165, 1.54) is 5.56 Å². The van der Waals surface area contributed by atoms with Crippen molar-refractivity contribution in [3.05, 3.63) is 34.9 Å². The van der Waals surface area contributed by atoms with Gasteiger partial charge in [0.15, 0.2) is 0 Å². The molecule has 2 fully saturated rings. The molecule has 0 radical (unpaired) electrons. The maximum absolute atomic E-state index is 12.1. The molecule has 2 N–H and O–H groups in total. The SMILES string of the molecule is O=C(NCC(c1ccc(Cl)cc1)N1CCOCC1)C1CNC1. The number of halogens is 1. The van der Waals surface area contributed by atoms with Crippen molar-refractivity contribution in [3.63, 3.8) is 0 Å². The lowest BCUT2D eigenvalue weighted by Gasteiger charge is -2.35. The van der Waals surface area contributed by atoms with E-state index in [2.05, 4.69) is 15.5 Å². The molecular weight excluding hydrogens is 302 g/mol. The van der Waals surface area contributed by atoms with E-state index in [1.807, 2.05) is 24.3 Å². The lowest BCUT2D eigenvalue weighted by Crippen LogP contribution is -2.52. The van der Waals surface area contributed by atoms with Crippen LogP contribution in [0.25, 0.3) is 0 Å². The number of nitrogens with zero attached hydrogens (tertiary/aromatic N) is 1. The summed E-state index contributed by atoms with van der Waals surface area (Å²) in [6.45, 7) is 5.44. The molecule has 5 nitrogen and oxygen atoms in total. The zero-order valence-electron chi connectivity index (χ0n) is 12.6. The summed E-state index contributed by atoms with van der Waals surface area (Å²) >= 11 is 5.99. The van der Waals surface area contributed by atoms with Gasteiger partial charge in [-0.3, -0.25) is 9.69 Å². The molecule has 2 saturated heterocycles. The Labute approximate surface area is 136 Å². The van der Waals surface area contributed by atoms with E-state index in [0.29, 0.717) is 6.54 Å². The Morgan fingerprint density at radius 1 is 1.32 bits per heavy atom. The fourth-order valence-electron chi connectivity index (χ4n) is 2.85. The van der Waals surface area contributed by atoms with Crippen LogP contribution >= 0.6 is 11.6 Å². The number of ether oxygens (including phenoxy) is 1. The summed E-state index contributed by atoms with van der Waals surface area (Å²) in [5.41, 5.74) is 1.18. The van der Waals surface area contributed by atoms with Crippen LogP contribution < -0.4 is 10.6 Å². The van der Waals surface area contributed by atoms with Gasteiger partial charge in [-0.05, 0) is 17.7 Å². The fraction of sp³-hybridized carbons (Fsp3) is 0.562. The third-order valence-corrected chi connectivity index (χ3v) is 4.62. The number of hydrogen-bond donors (Lipinski definition) is 2. The first-order valence-corrected chi connectivity index (χ1v) is 8.17. The fourth-order valence-corrected chi connectivity index (χ4v) is 2.97. The van der Waals surface area contributed by atoms with Crippen LogP contribution in [0.5, 0.6) is 0 Å². The molecule has 1 aromatic rings. The maximum atomic E-state index is 12.1. The predicted octanol–water partition coefficient (Wildman–Crippen LogP) is 1.05. The van der Waals surface area contributed by atoms with Crippen molar-refractivity contribution in [3.8, 4) is 0 Å². The first kappa shape index (κ1) is 15.7. The highest BCUT2D eigenvalue weighted by molar-refractivity contribution is 6.30. The average Bonchev–Trinajstić information content (AvgIpc) is 2.48. The van der Waals surface area contributed by atoms with Gasteiger partial charge >= 0.3 is 0 Å². The molecule has 1 aromatic carbocycles. The number of amides is 1. The minimum absolute atomic E-state index is 0.121. The quantitative estimate of drug-likeness (QED) is 0.850. The smallest absolute Gasteiger partial charge is 0.225 e. The second-order valence-electron chi connectivity index (χ2n) is 5.82. The van der Waals surface area contributed by atoms with Gasteiger partial charge in [0.05, 0.1) is 25.2 Å². The third kappa shape index (κ3) is 3.79. The van der Waals surface area contributed by atoms with Gasteiger partial charge in [0, 0.05) is 37.7 Å². The Kier molecular flexibility index (Phi) is 5.31. The van der Waals surface area contributed by atoms with E-state index >= 15 is 0 Å². The number of morpholine rings is 1. The second kappa shape index (κ2) is 7.42. The highest BCUT2D eigenvalue weighted by atomic mass is 35.5. The summed E-state index contributed by atoms with van der Waals surface area (Å²) in [5, 5.41) is 6.96. The number of carbonyl (C=O) groups is 1. The van der Waals surface area contributed by atoms with Crippen molar-refractivity contribution in [2.75, 3.05) is 45.9 Å². The van der Waals surface area contributed by atoms with Crippen LogP contribution in [-0.2, 0) is 9.53 Å². The van der Waals surface area contributed by atoms with E-state index < -0.39 is 0 Å². The van der Waals surface area contributed by atoms with Crippen molar-refractivity contribution in [2.24, 2.45) is 5.92 Å². The van der Waals surface area contributed by atoms with Crippen molar-refractivity contribution < 1.29 is 9.53 Å². The molecule has 0 aliphatic carbocycles. The third-order valence-electron chi connectivity index (χ3n) is 4.36. The van der Waals surface area contributed by atoms with Gasteiger partial charge in [-0.15, -0.1) is 0 Å². The predicted molar refractivity (Wildman–Crippen MR) is 86.0 cm³/mol. The van der Waals surface area contributed by atoms with Crippen molar-refractivity contribution in [2.45, 2.75) is 6.04 Å². The van der Waals surface area contributed by atoms with Crippen LogP contribution in [0.1, 0.15) is 11.6 Å². The standard InChI is InChI=1S/C16H22ClN3O2/c17-14-3-1-12(2-4-14)15(20-5-7-22-8-6-20)11-19-16(21)13-9-18-10-13/h1-4,13,15,18H,5-11H2,(H,19,21). The lowest BCUT2D eigenvalue weighted by atomic mass is 10.0. The number of rotatable bonds is 5. The van der Waals surface area contributed by atoms with E-state index in [1.54, 1.807) is 0 Å². The minimum atomic E-state index is 0.121. The van der Waals surface area contributed by atoms with E-state index in [4.69, 9.17) is 16.3 Å². The molecule has 2 heterocycles. The number of nitrogens with one attached hydrogen (secondary N) is 2. The molecule has 1 atom stereocenters. The molecule has 0 saturated carbocycles. The minimum Gasteiger partial charge on any atom is -0.379 e. The molecule has 1 unspecified atom stereocenters. The number of benzene rings is 1.